The molecule has 0 bridgehead atoms. The Morgan fingerprint density at radius 3 is 2.79 bits per heavy atom. The third-order valence-electron chi connectivity index (χ3n) is 5.45. The molecule has 0 aliphatic carbocycles. The van der Waals surface area contributed by atoms with E-state index in [-0.39, 0.29) is 24.5 Å². The van der Waals surface area contributed by atoms with Gasteiger partial charge in [-0.25, -0.2) is 4.79 Å². The summed E-state index contributed by atoms with van der Waals surface area (Å²) in [5, 5.41) is 12.9. The molecule has 29 heavy (non-hydrogen) atoms. The first-order valence-corrected chi connectivity index (χ1v) is 9.83. The molecule has 2 N–H and O–H groups in total. The molecule has 1 amide bonds. The molecule has 2 aromatic carbocycles. The van der Waals surface area contributed by atoms with Crippen molar-refractivity contribution in [3.63, 3.8) is 0 Å². The smallest absolute Gasteiger partial charge is 0.408 e. The van der Waals surface area contributed by atoms with Gasteiger partial charge in [0.15, 0.2) is 5.58 Å². The number of aliphatic hydroxyl groups excluding tert-OH is 1. The van der Waals surface area contributed by atoms with Crippen LogP contribution in [0.25, 0.3) is 11.1 Å². The van der Waals surface area contributed by atoms with Crippen molar-refractivity contribution in [3.05, 3.63) is 70.2 Å². The largest absolute Gasteiger partial charge is 0.419 e. The van der Waals surface area contributed by atoms with Gasteiger partial charge in [0.05, 0.1) is 24.1 Å². The molecule has 0 unspecified atom stereocenters. The van der Waals surface area contributed by atoms with Crippen molar-refractivity contribution in [2.75, 3.05) is 19.6 Å². The van der Waals surface area contributed by atoms with Crippen LogP contribution in [0, 0.1) is 0 Å². The molecule has 1 aromatic heterocycles. The molecule has 1 aliphatic heterocycles. The van der Waals surface area contributed by atoms with E-state index in [0.29, 0.717) is 24.2 Å². The van der Waals surface area contributed by atoms with Gasteiger partial charge in [-0.15, -0.1) is 0 Å². The van der Waals surface area contributed by atoms with Gasteiger partial charge in [0, 0.05) is 26.7 Å². The highest BCUT2D eigenvalue weighted by molar-refractivity contribution is 5.81. The maximum absolute atomic E-state index is 12.8. The van der Waals surface area contributed by atoms with Crippen molar-refractivity contribution >= 4 is 17.0 Å². The van der Waals surface area contributed by atoms with Crippen molar-refractivity contribution < 1.29 is 14.3 Å². The lowest BCUT2D eigenvalue weighted by atomic mass is 10.1. The number of benzene rings is 2. The topological polar surface area (TPSA) is 87.7 Å². The number of nitrogens with one attached hydrogen (secondary N) is 1. The highest BCUT2D eigenvalue weighted by Gasteiger charge is 2.24. The third-order valence-corrected chi connectivity index (χ3v) is 5.45. The Hall–Kier alpha value is -2.90. The van der Waals surface area contributed by atoms with E-state index in [0.717, 1.165) is 24.1 Å². The maximum atomic E-state index is 12.8. The molecule has 2 heterocycles. The fourth-order valence-electron chi connectivity index (χ4n) is 3.87. The van der Waals surface area contributed by atoms with E-state index < -0.39 is 5.76 Å². The van der Waals surface area contributed by atoms with E-state index in [1.807, 2.05) is 36.4 Å². The molecule has 0 saturated carbocycles. The third kappa shape index (κ3) is 4.41. The Balaban J connectivity index is 1.48. The fraction of sp³-hybridized carbons (Fsp3) is 0.364. The summed E-state index contributed by atoms with van der Waals surface area (Å²) in [6.45, 7) is 2.11. The molecule has 3 aromatic rings. The van der Waals surface area contributed by atoms with Crippen molar-refractivity contribution in [2.24, 2.45) is 7.05 Å². The summed E-state index contributed by atoms with van der Waals surface area (Å²) >= 11 is 0. The number of rotatable bonds is 6. The molecule has 7 nitrogen and oxygen atoms in total. The molecule has 1 fully saturated rings. The number of nitrogens with zero attached hydrogens (tertiary/aromatic N) is 2. The number of β-amino-alcohol motifs (C(OH)–C–C–N with tert-alkyl or cyclic N) is 1. The van der Waals surface area contributed by atoms with Crippen molar-refractivity contribution in [1.82, 2.24) is 14.8 Å². The Bertz CT molecular complexity index is 1060. The number of oxazole rings is 1. The quantitative estimate of drug-likeness (QED) is 0.662. The van der Waals surface area contributed by atoms with Crippen LogP contribution in [0.4, 0.5) is 0 Å². The minimum atomic E-state index is -0.418. The number of fused-ring (bicyclic) bond motifs is 1. The van der Waals surface area contributed by atoms with Gasteiger partial charge in [-0.1, -0.05) is 36.4 Å². The number of aromatic nitrogens is 1. The minimum Gasteiger partial charge on any atom is -0.408 e. The van der Waals surface area contributed by atoms with Crippen molar-refractivity contribution in [1.29, 1.82) is 0 Å². The van der Waals surface area contributed by atoms with Gasteiger partial charge in [0.1, 0.15) is 0 Å². The number of aliphatic hydroxyl groups is 1. The van der Waals surface area contributed by atoms with Gasteiger partial charge in [0.2, 0.25) is 5.91 Å². The minimum absolute atomic E-state index is 0.0913. The second-order valence-electron chi connectivity index (χ2n) is 7.64. The standard InChI is InChI=1S/C22H25N3O4/c1-24-19-11-15(7-8-20(19)29-22(24)28)12-21(27)23-18(16-5-3-2-4-6-16)14-25-10-9-17(26)13-25/h2-8,11,17-18,26H,9-10,12-14H2,1H3,(H,23,27)/t17-,18+/m0/s1. The van der Waals surface area contributed by atoms with E-state index in [4.69, 9.17) is 4.42 Å². The van der Waals surface area contributed by atoms with Crippen LogP contribution >= 0.6 is 0 Å². The van der Waals surface area contributed by atoms with Gasteiger partial charge in [0.25, 0.3) is 0 Å². The molecule has 0 spiro atoms. The van der Waals surface area contributed by atoms with Crippen LogP contribution in [0.3, 0.4) is 0 Å². The molecular weight excluding hydrogens is 370 g/mol. The maximum Gasteiger partial charge on any atom is 0.419 e. The van der Waals surface area contributed by atoms with Crippen LogP contribution in [0.5, 0.6) is 0 Å². The van der Waals surface area contributed by atoms with Gasteiger partial charge < -0.3 is 14.8 Å². The van der Waals surface area contributed by atoms with E-state index in [2.05, 4.69) is 10.2 Å². The number of carbonyl (C=O) groups excluding carboxylic acids is 1. The summed E-state index contributed by atoms with van der Waals surface area (Å²) in [6, 6.07) is 15.1. The monoisotopic (exact) mass is 395 g/mol. The second-order valence-corrected chi connectivity index (χ2v) is 7.64. The van der Waals surface area contributed by atoms with E-state index in [1.165, 1.54) is 4.57 Å². The first-order valence-electron chi connectivity index (χ1n) is 9.83. The zero-order valence-corrected chi connectivity index (χ0v) is 16.4. The van der Waals surface area contributed by atoms with E-state index >= 15 is 0 Å². The van der Waals surface area contributed by atoms with Crippen LogP contribution < -0.4 is 11.1 Å². The van der Waals surface area contributed by atoms with Crippen LogP contribution in [-0.4, -0.2) is 46.2 Å². The number of aryl methyl sites for hydroxylation is 1. The SMILES string of the molecule is Cn1c(=O)oc2ccc(CC(=O)N[C@H](CN3CC[C@H](O)C3)c3ccccc3)cc21. The molecule has 2 atom stereocenters. The lowest BCUT2D eigenvalue weighted by molar-refractivity contribution is -0.121. The fourth-order valence-corrected chi connectivity index (χ4v) is 3.87. The molecule has 7 heteroatoms. The summed E-state index contributed by atoms with van der Waals surface area (Å²) in [5.41, 5.74) is 3.03. The van der Waals surface area contributed by atoms with Crippen LogP contribution in [-0.2, 0) is 18.3 Å². The summed E-state index contributed by atoms with van der Waals surface area (Å²) in [7, 11) is 1.65. The number of likely N-dealkylation sites (tertiary alicyclic amines) is 1. The number of hydrogen-bond donors (Lipinski definition) is 2. The lowest BCUT2D eigenvalue weighted by Gasteiger charge is -2.25. The Morgan fingerprint density at radius 2 is 2.07 bits per heavy atom. The summed E-state index contributed by atoms with van der Waals surface area (Å²) in [4.78, 5) is 26.6. The Kier molecular flexibility index (Phi) is 5.51. The summed E-state index contributed by atoms with van der Waals surface area (Å²) in [5.74, 6) is -0.509. The zero-order valence-electron chi connectivity index (χ0n) is 16.4. The highest BCUT2D eigenvalue weighted by Crippen LogP contribution is 2.19. The lowest BCUT2D eigenvalue weighted by Crippen LogP contribution is -2.38. The summed E-state index contributed by atoms with van der Waals surface area (Å²) < 4.78 is 6.58. The number of hydrogen-bond acceptors (Lipinski definition) is 5. The van der Waals surface area contributed by atoms with Crippen LogP contribution in [0.15, 0.2) is 57.7 Å². The van der Waals surface area contributed by atoms with E-state index in [9.17, 15) is 14.7 Å². The molecule has 4 rings (SSSR count). The zero-order chi connectivity index (χ0) is 20.4. The van der Waals surface area contributed by atoms with Gasteiger partial charge in [-0.2, -0.15) is 0 Å². The average Bonchev–Trinajstić information content (AvgIpc) is 3.25. The van der Waals surface area contributed by atoms with Gasteiger partial charge >= 0.3 is 5.76 Å². The average molecular weight is 395 g/mol. The second kappa shape index (κ2) is 8.23. The van der Waals surface area contributed by atoms with Crippen LogP contribution in [0.2, 0.25) is 0 Å². The van der Waals surface area contributed by atoms with Crippen LogP contribution in [0.1, 0.15) is 23.6 Å². The Morgan fingerprint density at radius 1 is 1.28 bits per heavy atom. The number of carbonyl (C=O) groups is 1. The first-order chi connectivity index (χ1) is 14.0. The molecule has 152 valence electrons. The van der Waals surface area contributed by atoms with Crippen molar-refractivity contribution in [3.8, 4) is 0 Å². The molecule has 1 saturated heterocycles. The van der Waals surface area contributed by atoms with E-state index in [1.54, 1.807) is 19.2 Å². The predicted octanol–water partition coefficient (Wildman–Crippen LogP) is 1.60. The highest BCUT2D eigenvalue weighted by atomic mass is 16.4. The molecular formula is C22H25N3O4. The normalized spacial score (nSPS) is 18.2. The van der Waals surface area contributed by atoms with Gasteiger partial charge in [-0.3, -0.25) is 14.3 Å². The first kappa shape index (κ1) is 19.4. The predicted molar refractivity (Wildman–Crippen MR) is 110 cm³/mol. The molecule has 0 radical (unpaired) electrons. The van der Waals surface area contributed by atoms with Crippen molar-refractivity contribution in [2.45, 2.75) is 25.0 Å². The number of amides is 1. The molecule has 1 aliphatic rings. The Labute approximate surface area is 168 Å². The summed E-state index contributed by atoms with van der Waals surface area (Å²) in [6.07, 6.45) is 0.677. The van der Waals surface area contributed by atoms with Gasteiger partial charge in [-0.05, 0) is 29.7 Å².